The summed E-state index contributed by atoms with van der Waals surface area (Å²) in [5.41, 5.74) is 9.53. The van der Waals surface area contributed by atoms with Crippen molar-refractivity contribution in [1.82, 2.24) is 0 Å². The van der Waals surface area contributed by atoms with Crippen molar-refractivity contribution in [3.63, 3.8) is 0 Å². The topological polar surface area (TPSA) is 149 Å². The van der Waals surface area contributed by atoms with Crippen LogP contribution in [0.15, 0.2) is 59.7 Å². The first-order valence-corrected chi connectivity index (χ1v) is 8.58. The molecular formula is C20H18N4O5. The standard InChI is InChI=1S/C20H18N4O5/c1-3-8-28-18(26)16-11(2)29-17(23)13(9-21)20(16)12-6-4-5-7-14(12)24(19(20)27)10-15(22)25/h3-7H,1,8,10,23H2,2H3,(H2,22,25)/t20-/m1/s1. The summed E-state index contributed by atoms with van der Waals surface area (Å²) in [6, 6.07) is 8.37. The molecule has 0 radical (unpaired) electrons. The Morgan fingerprint density at radius 3 is 2.72 bits per heavy atom. The van der Waals surface area contributed by atoms with Gasteiger partial charge in [0.2, 0.25) is 17.7 Å². The third-order valence-electron chi connectivity index (χ3n) is 4.74. The number of primary amides is 1. The van der Waals surface area contributed by atoms with E-state index in [0.29, 0.717) is 11.3 Å². The number of carbonyl (C=O) groups excluding carboxylic acids is 3. The van der Waals surface area contributed by atoms with Crippen molar-refractivity contribution in [2.75, 3.05) is 18.1 Å². The summed E-state index contributed by atoms with van der Waals surface area (Å²) >= 11 is 0. The molecule has 0 fully saturated rings. The number of amides is 2. The highest BCUT2D eigenvalue weighted by atomic mass is 16.5. The first-order chi connectivity index (χ1) is 13.8. The fourth-order valence-corrected chi connectivity index (χ4v) is 3.73. The van der Waals surface area contributed by atoms with Crippen molar-refractivity contribution in [2.24, 2.45) is 11.5 Å². The van der Waals surface area contributed by atoms with Gasteiger partial charge in [0.05, 0.1) is 0 Å². The highest BCUT2D eigenvalue weighted by molar-refractivity contribution is 6.19. The van der Waals surface area contributed by atoms with E-state index in [0.717, 1.165) is 4.90 Å². The maximum Gasteiger partial charge on any atom is 0.339 e. The molecule has 2 amide bonds. The van der Waals surface area contributed by atoms with E-state index in [4.69, 9.17) is 20.9 Å². The maximum atomic E-state index is 13.7. The zero-order valence-corrected chi connectivity index (χ0v) is 15.6. The summed E-state index contributed by atoms with van der Waals surface area (Å²) < 4.78 is 10.6. The van der Waals surface area contributed by atoms with Crippen molar-refractivity contribution >= 4 is 23.5 Å². The van der Waals surface area contributed by atoms with Gasteiger partial charge in [0.15, 0.2) is 5.41 Å². The number of esters is 1. The van der Waals surface area contributed by atoms with E-state index in [1.807, 2.05) is 6.07 Å². The maximum absolute atomic E-state index is 13.7. The van der Waals surface area contributed by atoms with Crippen LogP contribution in [0.5, 0.6) is 0 Å². The minimum Gasteiger partial charge on any atom is -0.458 e. The molecule has 0 saturated heterocycles. The van der Waals surface area contributed by atoms with E-state index in [1.54, 1.807) is 24.3 Å². The predicted molar refractivity (Wildman–Crippen MR) is 101 cm³/mol. The largest absolute Gasteiger partial charge is 0.458 e. The van der Waals surface area contributed by atoms with Crippen LogP contribution in [0.2, 0.25) is 0 Å². The molecule has 1 aromatic rings. The van der Waals surface area contributed by atoms with Crippen LogP contribution in [0, 0.1) is 11.3 Å². The number of fused-ring (bicyclic) bond motifs is 2. The summed E-state index contributed by atoms with van der Waals surface area (Å²) in [6.07, 6.45) is 1.36. The molecule has 0 saturated carbocycles. The van der Waals surface area contributed by atoms with Gasteiger partial charge in [-0.25, -0.2) is 4.79 Å². The number of nitriles is 1. The van der Waals surface area contributed by atoms with Gasteiger partial charge in [-0.1, -0.05) is 30.9 Å². The van der Waals surface area contributed by atoms with Gasteiger partial charge in [0.1, 0.15) is 36.1 Å². The second kappa shape index (κ2) is 7.16. The molecule has 29 heavy (non-hydrogen) atoms. The van der Waals surface area contributed by atoms with Gasteiger partial charge in [-0.05, 0) is 13.0 Å². The molecule has 9 heteroatoms. The first-order valence-electron chi connectivity index (χ1n) is 8.58. The minimum absolute atomic E-state index is 0.0136. The lowest BCUT2D eigenvalue weighted by atomic mass is 9.68. The second-order valence-corrected chi connectivity index (χ2v) is 6.40. The van der Waals surface area contributed by atoms with Crippen molar-refractivity contribution < 1.29 is 23.9 Å². The molecule has 2 heterocycles. The molecule has 2 aliphatic rings. The van der Waals surface area contributed by atoms with Gasteiger partial charge < -0.3 is 25.8 Å². The van der Waals surface area contributed by atoms with Gasteiger partial charge in [-0.15, -0.1) is 0 Å². The molecule has 148 valence electrons. The zero-order chi connectivity index (χ0) is 21.3. The quantitative estimate of drug-likeness (QED) is 0.545. The third-order valence-corrected chi connectivity index (χ3v) is 4.74. The monoisotopic (exact) mass is 394 g/mol. The highest BCUT2D eigenvalue weighted by Gasteiger charge is 2.62. The predicted octanol–water partition coefficient (Wildman–Crippen LogP) is 0.484. The fraction of sp³-hybridized carbons (Fsp3) is 0.200. The number of rotatable bonds is 5. The SMILES string of the molecule is C=CCOC(=O)C1=C(C)OC(N)=C(C#N)[C@@]12C(=O)N(CC(N)=O)c1ccccc12. The minimum atomic E-state index is -1.91. The molecule has 1 spiro atoms. The van der Waals surface area contributed by atoms with Crippen LogP contribution in [0.3, 0.4) is 0 Å². The molecule has 3 rings (SSSR count). The molecule has 1 atom stereocenters. The molecule has 0 unspecified atom stereocenters. The lowest BCUT2D eigenvalue weighted by Crippen LogP contribution is -2.50. The van der Waals surface area contributed by atoms with E-state index in [9.17, 15) is 19.6 Å². The van der Waals surface area contributed by atoms with Crippen LogP contribution in [0.1, 0.15) is 12.5 Å². The summed E-state index contributed by atoms with van der Waals surface area (Å²) in [5.74, 6) is -2.64. The lowest BCUT2D eigenvalue weighted by Gasteiger charge is -2.34. The smallest absolute Gasteiger partial charge is 0.339 e. The zero-order valence-electron chi connectivity index (χ0n) is 15.6. The number of hydrogen-bond acceptors (Lipinski definition) is 7. The Morgan fingerprint density at radius 2 is 2.10 bits per heavy atom. The Balaban J connectivity index is 2.37. The second-order valence-electron chi connectivity index (χ2n) is 6.40. The number of nitrogens with zero attached hydrogens (tertiary/aromatic N) is 2. The fourth-order valence-electron chi connectivity index (χ4n) is 3.73. The summed E-state index contributed by atoms with van der Waals surface area (Å²) in [7, 11) is 0. The van der Waals surface area contributed by atoms with Crippen LogP contribution >= 0.6 is 0 Å². The number of ether oxygens (including phenoxy) is 2. The molecule has 0 bridgehead atoms. The van der Waals surface area contributed by atoms with Crippen LogP contribution in [-0.2, 0) is 29.3 Å². The summed E-state index contributed by atoms with van der Waals surface area (Å²) in [6.45, 7) is 4.38. The molecule has 0 aromatic heterocycles. The van der Waals surface area contributed by atoms with E-state index < -0.39 is 29.7 Å². The third kappa shape index (κ3) is 2.73. The first kappa shape index (κ1) is 19.7. The van der Waals surface area contributed by atoms with Crippen LogP contribution in [-0.4, -0.2) is 30.9 Å². The summed E-state index contributed by atoms with van der Waals surface area (Å²) in [5, 5.41) is 9.84. The number of nitrogens with two attached hydrogens (primary N) is 2. The average Bonchev–Trinajstić information content (AvgIpc) is 2.90. The Hall–Kier alpha value is -4.06. The number of para-hydroxylation sites is 1. The van der Waals surface area contributed by atoms with Crippen molar-refractivity contribution in [3.05, 3.63) is 65.3 Å². The van der Waals surface area contributed by atoms with Gasteiger partial charge in [0, 0.05) is 11.3 Å². The van der Waals surface area contributed by atoms with E-state index in [2.05, 4.69) is 6.58 Å². The highest BCUT2D eigenvalue weighted by Crippen LogP contribution is 2.53. The molecule has 4 N–H and O–H groups in total. The number of anilines is 1. The van der Waals surface area contributed by atoms with E-state index in [1.165, 1.54) is 13.0 Å². The summed E-state index contributed by atoms with van der Waals surface area (Å²) in [4.78, 5) is 39.4. The van der Waals surface area contributed by atoms with E-state index in [-0.39, 0.29) is 29.4 Å². The van der Waals surface area contributed by atoms with Crippen LogP contribution < -0.4 is 16.4 Å². The van der Waals surface area contributed by atoms with Gasteiger partial charge in [-0.3, -0.25) is 9.59 Å². The molecule has 9 nitrogen and oxygen atoms in total. The van der Waals surface area contributed by atoms with Crippen molar-refractivity contribution in [1.29, 1.82) is 5.26 Å². The van der Waals surface area contributed by atoms with E-state index >= 15 is 0 Å². The Bertz CT molecular complexity index is 1050. The number of allylic oxidation sites excluding steroid dienone is 1. The molecular weight excluding hydrogens is 376 g/mol. The van der Waals surface area contributed by atoms with Crippen molar-refractivity contribution in [3.8, 4) is 6.07 Å². The lowest BCUT2D eigenvalue weighted by molar-refractivity contribution is -0.140. The van der Waals surface area contributed by atoms with Gasteiger partial charge in [-0.2, -0.15) is 5.26 Å². The normalized spacial score (nSPS) is 20.3. The molecule has 1 aromatic carbocycles. The van der Waals surface area contributed by atoms with Crippen LogP contribution in [0.4, 0.5) is 5.69 Å². The Morgan fingerprint density at radius 1 is 1.41 bits per heavy atom. The van der Waals surface area contributed by atoms with Gasteiger partial charge >= 0.3 is 5.97 Å². The van der Waals surface area contributed by atoms with Crippen molar-refractivity contribution in [2.45, 2.75) is 12.3 Å². The number of hydrogen-bond donors (Lipinski definition) is 2. The molecule has 2 aliphatic heterocycles. The Kier molecular flexibility index (Phi) is 4.86. The average molecular weight is 394 g/mol. The van der Waals surface area contributed by atoms with Gasteiger partial charge in [0.25, 0.3) is 0 Å². The number of carbonyl (C=O) groups is 3. The number of benzene rings is 1. The Labute approximate surface area is 166 Å². The molecule has 0 aliphatic carbocycles. The van der Waals surface area contributed by atoms with Crippen LogP contribution in [0.25, 0.3) is 0 Å².